The molecule has 2 fully saturated rings. The molecule has 2 bridgehead atoms. The van der Waals surface area contributed by atoms with E-state index in [-0.39, 0.29) is 0 Å². The van der Waals surface area contributed by atoms with Crippen molar-refractivity contribution in [2.75, 3.05) is 0 Å². The van der Waals surface area contributed by atoms with Crippen LogP contribution in [0.25, 0.3) is 0 Å². The molecule has 14 heavy (non-hydrogen) atoms. The second-order valence-corrected chi connectivity index (χ2v) is 4.61. The Morgan fingerprint density at radius 1 is 1.50 bits per heavy atom. The first-order valence-corrected chi connectivity index (χ1v) is 5.52. The summed E-state index contributed by atoms with van der Waals surface area (Å²) in [6.07, 6.45) is 5.23. The van der Waals surface area contributed by atoms with Crippen molar-refractivity contribution in [3.63, 3.8) is 0 Å². The predicted octanol–water partition coefficient (Wildman–Crippen LogP) is 1.98. The van der Waals surface area contributed by atoms with Gasteiger partial charge in [0, 0.05) is 24.1 Å². The second kappa shape index (κ2) is 3.09. The van der Waals surface area contributed by atoms with E-state index in [0.717, 1.165) is 17.5 Å². The molecule has 2 saturated heterocycles. The molecule has 1 aromatic rings. The topological polar surface area (TPSA) is 38.1 Å². The van der Waals surface area contributed by atoms with Gasteiger partial charge in [0.2, 0.25) is 0 Å². The summed E-state index contributed by atoms with van der Waals surface area (Å²) in [5.41, 5.74) is 1.00. The maximum absolute atomic E-state index is 5.37. The fraction of sp³-hybridized carbons (Fsp3) is 0.727. The molecule has 3 rings (SSSR count). The van der Waals surface area contributed by atoms with Gasteiger partial charge in [-0.3, -0.25) is 0 Å². The van der Waals surface area contributed by atoms with Crippen LogP contribution < -0.4 is 5.32 Å². The number of hydrogen-bond donors (Lipinski definition) is 1. The molecule has 0 aliphatic carbocycles. The molecule has 2 aliphatic heterocycles. The molecule has 0 radical (unpaired) electrons. The lowest BCUT2D eigenvalue weighted by Gasteiger charge is -2.21. The van der Waals surface area contributed by atoms with Gasteiger partial charge in [0.1, 0.15) is 5.76 Å². The fourth-order valence-corrected chi connectivity index (χ4v) is 2.90. The van der Waals surface area contributed by atoms with Gasteiger partial charge in [-0.05, 0) is 26.2 Å². The third kappa shape index (κ3) is 1.27. The highest BCUT2D eigenvalue weighted by Crippen LogP contribution is 2.38. The third-order valence-electron chi connectivity index (χ3n) is 3.55. The van der Waals surface area contributed by atoms with Crippen LogP contribution in [0.2, 0.25) is 0 Å². The number of aromatic nitrogens is 1. The maximum atomic E-state index is 5.37. The third-order valence-corrected chi connectivity index (χ3v) is 3.55. The highest BCUT2D eigenvalue weighted by molar-refractivity contribution is 5.15. The van der Waals surface area contributed by atoms with Crippen LogP contribution in [-0.2, 0) is 0 Å². The highest BCUT2D eigenvalue weighted by atomic mass is 16.5. The van der Waals surface area contributed by atoms with Crippen molar-refractivity contribution in [3.8, 4) is 0 Å². The summed E-state index contributed by atoms with van der Waals surface area (Å²) in [5, 5.41) is 7.63. The summed E-state index contributed by atoms with van der Waals surface area (Å²) >= 11 is 0. The number of nitrogens with zero attached hydrogens (tertiary/aromatic N) is 1. The van der Waals surface area contributed by atoms with Crippen LogP contribution in [0, 0.1) is 6.92 Å². The largest absolute Gasteiger partial charge is 0.361 e. The zero-order valence-corrected chi connectivity index (χ0v) is 8.49. The zero-order chi connectivity index (χ0) is 9.54. The average molecular weight is 192 g/mol. The Hall–Kier alpha value is -0.830. The number of hydrogen-bond acceptors (Lipinski definition) is 3. The lowest BCUT2D eigenvalue weighted by atomic mass is 9.96. The first kappa shape index (κ1) is 8.48. The smallest absolute Gasteiger partial charge is 0.141 e. The summed E-state index contributed by atoms with van der Waals surface area (Å²) < 4.78 is 5.37. The van der Waals surface area contributed by atoms with Crippen molar-refractivity contribution in [2.45, 2.75) is 50.6 Å². The van der Waals surface area contributed by atoms with Crippen molar-refractivity contribution in [1.29, 1.82) is 0 Å². The van der Waals surface area contributed by atoms with Crippen LogP contribution in [0.5, 0.6) is 0 Å². The van der Waals surface area contributed by atoms with Gasteiger partial charge in [-0.25, -0.2) is 0 Å². The minimum atomic E-state index is 0.573. The molecular formula is C11H16N2O. The molecule has 76 valence electrons. The second-order valence-electron chi connectivity index (χ2n) is 4.61. The van der Waals surface area contributed by atoms with E-state index in [1.165, 1.54) is 25.7 Å². The SMILES string of the molecule is Cc1cc(C2CC3CCCC2N3)on1. The van der Waals surface area contributed by atoms with Gasteiger partial charge < -0.3 is 9.84 Å². The molecule has 0 spiro atoms. The molecule has 1 N–H and O–H groups in total. The van der Waals surface area contributed by atoms with E-state index in [1.54, 1.807) is 0 Å². The standard InChI is InChI=1S/C11H16N2O/c1-7-5-11(14-13-7)9-6-8-3-2-4-10(9)12-8/h5,8-10,12H,2-4,6H2,1H3. The Labute approximate surface area is 83.9 Å². The molecular weight excluding hydrogens is 176 g/mol. The van der Waals surface area contributed by atoms with Crippen molar-refractivity contribution in [2.24, 2.45) is 0 Å². The average Bonchev–Trinajstić information content (AvgIpc) is 2.71. The summed E-state index contributed by atoms with van der Waals surface area (Å²) in [6.45, 7) is 1.99. The van der Waals surface area contributed by atoms with E-state index in [1.807, 2.05) is 6.92 Å². The van der Waals surface area contributed by atoms with Crippen molar-refractivity contribution >= 4 is 0 Å². The normalized spacial score (nSPS) is 36.2. The van der Waals surface area contributed by atoms with E-state index in [2.05, 4.69) is 16.5 Å². The minimum absolute atomic E-state index is 0.573. The highest BCUT2D eigenvalue weighted by Gasteiger charge is 2.38. The summed E-state index contributed by atoms with van der Waals surface area (Å²) in [7, 11) is 0. The van der Waals surface area contributed by atoms with Crippen LogP contribution >= 0.6 is 0 Å². The summed E-state index contributed by atoms with van der Waals surface area (Å²) in [6, 6.07) is 3.46. The maximum Gasteiger partial charge on any atom is 0.141 e. The number of aryl methyl sites for hydroxylation is 1. The molecule has 2 aliphatic rings. The minimum Gasteiger partial charge on any atom is -0.361 e. The van der Waals surface area contributed by atoms with Crippen LogP contribution in [0.1, 0.15) is 43.1 Å². The molecule has 0 aromatic carbocycles. The molecule has 3 nitrogen and oxygen atoms in total. The molecule has 1 aromatic heterocycles. The van der Waals surface area contributed by atoms with Gasteiger partial charge in [0.15, 0.2) is 0 Å². The van der Waals surface area contributed by atoms with E-state index < -0.39 is 0 Å². The first-order valence-electron chi connectivity index (χ1n) is 5.52. The van der Waals surface area contributed by atoms with E-state index in [0.29, 0.717) is 12.0 Å². The monoisotopic (exact) mass is 192 g/mol. The lowest BCUT2D eigenvalue weighted by molar-refractivity contribution is 0.335. The number of piperidine rings is 1. The first-order chi connectivity index (χ1) is 6.83. The van der Waals surface area contributed by atoms with Crippen molar-refractivity contribution in [1.82, 2.24) is 10.5 Å². The number of nitrogens with one attached hydrogen (secondary N) is 1. The van der Waals surface area contributed by atoms with Gasteiger partial charge in [-0.2, -0.15) is 0 Å². The van der Waals surface area contributed by atoms with E-state index in [4.69, 9.17) is 4.52 Å². The van der Waals surface area contributed by atoms with Gasteiger partial charge >= 0.3 is 0 Å². The molecule has 0 saturated carbocycles. The fourth-order valence-electron chi connectivity index (χ4n) is 2.90. The van der Waals surface area contributed by atoms with Crippen LogP contribution in [0.15, 0.2) is 10.6 Å². The van der Waals surface area contributed by atoms with E-state index in [9.17, 15) is 0 Å². The zero-order valence-electron chi connectivity index (χ0n) is 8.49. The van der Waals surface area contributed by atoms with Gasteiger partial charge in [0.05, 0.1) is 5.69 Å². The quantitative estimate of drug-likeness (QED) is 0.739. The Morgan fingerprint density at radius 3 is 3.14 bits per heavy atom. The van der Waals surface area contributed by atoms with Gasteiger partial charge in [0.25, 0.3) is 0 Å². The Kier molecular flexibility index (Phi) is 1.87. The predicted molar refractivity (Wildman–Crippen MR) is 53.2 cm³/mol. The summed E-state index contributed by atoms with van der Waals surface area (Å²) in [5.74, 6) is 1.66. The van der Waals surface area contributed by atoms with E-state index >= 15 is 0 Å². The summed E-state index contributed by atoms with van der Waals surface area (Å²) in [4.78, 5) is 0. The van der Waals surface area contributed by atoms with Crippen LogP contribution in [-0.4, -0.2) is 17.2 Å². The molecule has 3 heteroatoms. The number of rotatable bonds is 1. The molecule has 3 atom stereocenters. The van der Waals surface area contributed by atoms with Crippen molar-refractivity contribution < 1.29 is 4.52 Å². The Balaban J connectivity index is 1.85. The van der Waals surface area contributed by atoms with Crippen molar-refractivity contribution in [3.05, 3.63) is 17.5 Å². The van der Waals surface area contributed by atoms with Gasteiger partial charge in [-0.1, -0.05) is 11.6 Å². The number of fused-ring (bicyclic) bond motifs is 2. The van der Waals surface area contributed by atoms with Crippen LogP contribution in [0.4, 0.5) is 0 Å². The van der Waals surface area contributed by atoms with Crippen LogP contribution in [0.3, 0.4) is 0 Å². The Bertz CT molecular complexity index is 334. The molecule has 3 unspecified atom stereocenters. The van der Waals surface area contributed by atoms with Gasteiger partial charge in [-0.15, -0.1) is 0 Å². The lowest BCUT2D eigenvalue weighted by Crippen LogP contribution is -2.34. The Morgan fingerprint density at radius 2 is 2.43 bits per heavy atom. The molecule has 0 amide bonds. The molecule has 3 heterocycles.